The zero-order valence-electron chi connectivity index (χ0n) is 15.3. The Balaban J connectivity index is 1.52. The van der Waals surface area contributed by atoms with Gasteiger partial charge in [-0.05, 0) is 31.2 Å². The predicted octanol–water partition coefficient (Wildman–Crippen LogP) is 3.12. The normalized spacial score (nSPS) is 14.9. The molecule has 27 heavy (non-hydrogen) atoms. The fourth-order valence-electron chi connectivity index (χ4n) is 3.12. The van der Waals surface area contributed by atoms with Gasteiger partial charge >= 0.3 is 0 Å². The number of hydrogen-bond donors (Lipinski definition) is 1. The zero-order valence-corrected chi connectivity index (χ0v) is 15.3. The van der Waals surface area contributed by atoms with E-state index in [1.165, 1.54) is 6.07 Å². The zero-order chi connectivity index (χ0) is 19.2. The average molecular weight is 375 g/mol. The van der Waals surface area contributed by atoms with Crippen molar-refractivity contribution in [3.63, 3.8) is 0 Å². The van der Waals surface area contributed by atoms with Crippen LogP contribution >= 0.6 is 0 Å². The molecule has 144 valence electrons. The van der Waals surface area contributed by atoms with E-state index in [1.54, 1.807) is 0 Å². The average Bonchev–Trinajstić information content (AvgIpc) is 2.66. The van der Waals surface area contributed by atoms with E-state index >= 15 is 0 Å². The van der Waals surface area contributed by atoms with Gasteiger partial charge in [0.1, 0.15) is 5.75 Å². The Hall–Kier alpha value is -2.67. The van der Waals surface area contributed by atoms with Gasteiger partial charge in [0, 0.05) is 37.9 Å². The third kappa shape index (κ3) is 4.95. The molecule has 2 aromatic carbocycles. The largest absolute Gasteiger partial charge is 0.492 e. The quantitative estimate of drug-likeness (QED) is 0.843. The first-order valence-electron chi connectivity index (χ1n) is 9.01. The Bertz CT molecular complexity index is 793. The SMILES string of the molecule is CCOc1ccccc1N1CCN(CC(=O)Nc2ccc(F)c(F)c2)CC1. The second-order valence-corrected chi connectivity index (χ2v) is 6.34. The van der Waals surface area contributed by atoms with Gasteiger partial charge in [-0.2, -0.15) is 0 Å². The van der Waals surface area contributed by atoms with E-state index < -0.39 is 11.6 Å². The van der Waals surface area contributed by atoms with Crippen molar-refractivity contribution in [3.8, 4) is 5.75 Å². The lowest BCUT2D eigenvalue weighted by Crippen LogP contribution is -2.48. The van der Waals surface area contributed by atoms with E-state index in [-0.39, 0.29) is 18.1 Å². The lowest BCUT2D eigenvalue weighted by molar-refractivity contribution is -0.117. The van der Waals surface area contributed by atoms with Crippen LogP contribution < -0.4 is 15.0 Å². The summed E-state index contributed by atoms with van der Waals surface area (Å²) >= 11 is 0. The Kier molecular flexibility index (Phi) is 6.24. The Morgan fingerprint density at radius 3 is 2.52 bits per heavy atom. The van der Waals surface area contributed by atoms with Gasteiger partial charge in [0.05, 0.1) is 18.8 Å². The second kappa shape index (κ2) is 8.81. The molecule has 7 heteroatoms. The molecule has 0 radical (unpaired) electrons. The van der Waals surface area contributed by atoms with Crippen molar-refractivity contribution in [2.24, 2.45) is 0 Å². The molecule has 1 fully saturated rings. The van der Waals surface area contributed by atoms with E-state index in [0.717, 1.165) is 49.7 Å². The van der Waals surface area contributed by atoms with Gasteiger partial charge in [-0.15, -0.1) is 0 Å². The monoisotopic (exact) mass is 375 g/mol. The number of hydrogen-bond acceptors (Lipinski definition) is 4. The maximum Gasteiger partial charge on any atom is 0.238 e. The first-order valence-corrected chi connectivity index (χ1v) is 9.01. The maximum atomic E-state index is 13.2. The Morgan fingerprint density at radius 1 is 1.07 bits per heavy atom. The molecule has 0 atom stereocenters. The van der Waals surface area contributed by atoms with Gasteiger partial charge in [0.2, 0.25) is 5.91 Å². The van der Waals surface area contributed by atoms with Crippen LogP contribution in [0.5, 0.6) is 5.75 Å². The molecule has 0 aliphatic carbocycles. The highest BCUT2D eigenvalue weighted by atomic mass is 19.2. The van der Waals surface area contributed by atoms with Gasteiger partial charge in [-0.1, -0.05) is 12.1 Å². The molecule has 0 aromatic heterocycles. The van der Waals surface area contributed by atoms with Crippen molar-refractivity contribution < 1.29 is 18.3 Å². The summed E-state index contributed by atoms with van der Waals surface area (Å²) in [5.74, 6) is -1.29. The number of rotatable bonds is 6. The van der Waals surface area contributed by atoms with Crippen LogP contribution in [0.2, 0.25) is 0 Å². The first-order chi connectivity index (χ1) is 13.1. The fourth-order valence-corrected chi connectivity index (χ4v) is 3.12. The minimum absolute atomic E-state index is 0.208. The number of nitrogens with zero attached hydrogens (tertiary/aromatic N) is 2. The first kappa shape index (κ1) is 19.1. The van der Waals surface area contributed by atoms with Gasteiger partial charge in [0.15, 0.2) is 11.6 Å². The number of piperazine rings is 1. The van der Waals surface area contributed by atoms with Crippen LogP contribution in [0.25, 0.3) is 0 Å². The number of anilines is 2. The minimum atomic E-state index is -0.977. The summed E-state index contributed by atoms with van der Waals surface area (Å²) in [5, 5.41) is 2.61. The molecule has 2 aromatic rings. The third-order valence-corrected chi connectivity index (χ3v) is 4.45. The van der Waals surface area contributed by atoms with Crippen LogP contribution in [0.1, 0.15) is 6.92 Å². The van der Waals surface area contributed by atoms with Gasteiger partial charge in [-0.3, -0.25) is 9.69 Å². The highest BCUT2D eigenvalue weighted by Gasteiger charge is 2.21. The summed E-state index contributed by atoms with van der Waals surface area (Å²) in [6, 6.07) is 11.3. The number of para-hydroxylation sites is 2. The second-order valence-electron chi connectivity index (χ2n) is 6.34. The van der Waals surface area contributed by atoms with E-state index in [9.17, 15) is 13.6 Å². The number of benzene rings is 2. The highest BCUT2D eigenvalue weighted by Crippen LogP contribution is 2.28. The smallest absolute Gasteiger partial charge is 0.238 e. The van der Waals surface area contributed by atoms with Crippen molar-refractivity contribution in [2.45, 2.75) is 6.92 Å². The summed E-state index contributed by atoms with van der Waals surface area (Å²) in [6.07, 6.45) is 0. The summed E-state index contributed by atoms with van der Waals surface area (Å²) in [4.78, 5) is 16.4. The van der Waals surface area contributed by atoms with E-state index in [1.807, 2.05) is 36.1 Å². The van der Waals surface area contributed by atoms with Gasteiger partial charge in [-0.25, -0.2) is 8.78 Å². The van der Waals surface area contributed by atoms with Crippen molar-refractivity contribution in [2.75, 3.05) is 49.5 Å². The molecule has 1 aliphatic heterocycles. The molecule has 1 amide bonds. The van der Waals surface area contributed by atoms with Crippen molar-refractivity contribution in [3.05, 3.63) is 54.1 Å². The molecule has 0 unspecified atom stereocenters. The number of carbonyl (C=O) groups is 1. The van der Waals surface area contributed by atoms with Crippen LogP contribution in [0.3, 0.4) is 0 Å². The van der Waals surface area contributed by atoms with E-state index in [4.69, 9.17) is 4.74 Å². The molecule has 0 spiro atoms. The van der Waals surface area contributed by atoms with Crippen molar-refractivity contribution >= 4 is 17.3 Å². The van der Waals surface area contributed by atoms with Crippen LogP contribution in [0.15, 0.2) is 42.5 Å². The molecular weight excluding hydrogens is 352 g/mol. The highest BCUT2D eigenvalue weighted by molar-refractivity contribution is 5.92. The molecule has 3 rings (SSSR count). The Labute approximate surface area is 157 Å². The molecule has 0 bridgehead atoms. The van der Waals surface area contributed by atoms with Crippen LogP contribution in [0, 0.1) is 11.6 Å². The van der Waals surface area contributed by atoms with Gasteiger partial charge < -0.3 is 15.0 Å². The standard InChI is InChI=1S/C20H23F2N3O2/c1-2-27-19-6-4-3-5-18(19)25-11-9-24(10-12-25)14-20(26)23-15-7-8-16(21)17(22)13-15/h3-8,13H,2,9-12,14H2,1H3,(H,23,26). The maximum absolute atomic E-state index is 13.2. The number of carbonyl (C=O) groups excluding carboxylic acids is 1. The molecular formula is C20H23F2N3O2. The lowest BCUT2D eigenvalue weighted by Gasteiger charge is -2.36. The molecule has 1 N–H and O–H groups in total. The summed E-state index contributed by atoms with van der Waals surface area (Å²) in [7, 11) is 0. The van der Waals surface area contributed by atoms with Crippen LogP contribution in [0.4, 0.5) is 20.2 Å². The molecule has 5 nitrogen and oxygen atoms in total. The molecule has 1 aliphatic rings. The Morgan fingerprint density at radius 2 is 1.81 bits per heavy atom. The number of ether oxygens (including phenoxy) is 1. The van der Waals surface area contributed by atoms with Gasteiger partial charge in [0.25, 0.3) is 0 Å². The molecule has 1 heterocycles. The number of amides is 1. The van der Waals surface area contributed by atoms with Crippen LogP contribution in [-0.2, 0) is 4.79 Å². The number of halogens is 2. The van der Waals surface area contributed by atoms with Crippen molar-refractivity contribution in [1.29, 1.82) is 0 Å². The molecule has 1 saturated heterocycles. The van der Waals surface area contributed by atoms with Crippen molar-refractivity contribution in [1.82, 2.24) is 4.90 Å². The van der Waals surface area contributed by atoms with E-state index in [0.29, 0.717) is 6.61 Å². The lowest BCUT2D eigenvalue weighted by atomic mass is 10.2. The minimum Gasteiger partial charge on any atom is -0.492 e. The predicted molar refractivity (Wildman–Crippen MR) is 101 cm³/mol. The van der Waals surface area contributed by atoms with Crippen LogP contribution in [-0.4, -0.2) is 50.1 Å². The third-order valence-electron chi connectivity index (χ3n) is 4.45. The number of nitrogens with one attached hydrogen (secondary N) is 1. The molecule has 0 saturated carbocycles. The van der Waals surface area contributed by atoms with E-state index in [2.05, 4.69) is 10.2 Å². The fraction of sp³-hybridized carbons (Fsp3) is 0.350. The topological polar surface area (TPSA) is 44.8 Å². The summed E-state index contributed by atoms with van der Waals surface area (Å²) < 4.78 is 31.9. The summed E-state index contributed by atoms with van der Waals surface area (Å²) in [6.45, 7) is 5.80. The summed E-state index contributed by atoms with van der Waals surface area (Å²) in [5.41, 5.74) is 1.31.